The Morgan fingerprint density at radius 2 is 2.04 bits per heavy atom. The molecule has 24 heavy (non-hydrogen) atoms. The Kier molecular flexibility index (Phi) is 5.07. The van der Waals surface area contributed by atoms with E-state index in [-0.39, 0.29) is 18.8 Å². The molecule has 2 unspecified atom stereocenters. The molecule has 0 bridgehead atoms. The van der Waals surface area contributed by atoms with Crippen molar-refractivity contribution < 1.29 is 22.7 Å². The smallest absolute Gasteiger partial charge is 0.410 e. The standard InChI is InChI=1S/C16H22N2O5S/c1-24(20,21)18-9-10-22-15-11-17(8-7-14(15)18)16(19)23-12-13-5-3-2-4-6-13/h2-6,14-15H,7-12H2,1H3. The fourth-order valence-corrected chi connectivity index (χ4v) is 4.38. The lowest BCUT2D eigenvalue weighted by Crippen LogP contribution is -2.61. The number of piperidine rings is 1. The molecule has 1 aromatic rings. The van der Waals surface area contributed by atoms with Gasteiger partial charge in [0.1, 0.15) is 6.61 Å². The lowest BCUT2D eigenvalue weighted by molar-refractivity contribution is -0.0753. The second kappa shape index (κ2) is 7.08. The van der Waals surface area contributed by atoms with Crippen LogP contribution in [0.3, 0.4) is 0 Å². The van der Waals surface area contributed by atoms with Crippen molar-refractivity contribution in [3.63, 3.8) is 0 Å². The quantitative estimate of drug-likeness (QED) is 0.811. The van der Waals surface area contributed by atoms with Gasteiger partial charge < -0.3 is 14.4 Å². The van der Waals surface area contributed by atoms with E-state index in [1.54, 1.807) is 4.90 Å². The summed E-state index contributed by atoms with van der Waals surface area (Å²) in [5, 5.41) is 0. The Morgan fingerprint density at radius 1 is 1.29 bits per heavy atom. The third kappa shape index (κ3) is 3.88. The highest BCUT2D eigenvalue weighted by atomic mass is 32.2. The summed E-state index contributed by atoms with van der Waals surface area (Å²) in [5.74, 6) is 0. The van der Waals surface area contributed by atoms with Gasteiger partial charge in [0.05, 0.1) is 31.6 Å². The fraction of sp³-hybridized carbons (Fsp3) is 0.562. The van der Waals surface area contributed by atoms with Gasteiger partial charge in [-0.3, -0.25) is 0 Å². The SMILES string of the molecule is CS(=O)(=O)N1CCOC2CN(C(=O)OCc3ccccc3)CCC21. The first kappa shape index (κ1) is 17.2. The number of ether oxygens (including phenoxy) is 2. The first-order valence-corrected chi connectivity index (χ1v) is 9.84. The second-order valence-corrected chi connectivity index (χ2v) is 8.06. The Morgan fingerprint density at radius 3 is 2.75 bits per heavy atom. The first-order valence-electron chi connectivity index (χ1n) is 7.99. The van der Waals surface area contributed by atoms with Crippen LogP contribution in [0.25, 0.3) is 0 Å². The molecule has 3 rings (SSSR count). The van der Waals surface area contributed by atoms with E-state index in [0.717, 1.165) is 5.56 Å². The monoisotopic (exact) mass is 354 g/mol. The predicted octanol–water partition coefficient (Wildman–Crippen LogP) is 1.06. The number of amides is 1. The van der Waals surface area contributed by atoms with Crippen LogP contribution in [0.1, 0.15) is 12.0 Å². The summed E-state index contributed by atoms with van der Waals surface area (Å²) in [4.78, 5) is 13.8. The number of hydrogen-bond donors (Lipinski definition) is 0. The molecule has 2 fully saturated rings. The number of nitrogens with zero attached hydrogens (tertiary/aromatic N) is 2. The third-order valence-electron chi connectivity index (χ3n) is 4.43. The summed E-state index contributed by atoms with van der Waals surface area (Å²) in [6.07, 6.45) is 1.08. The number of carbonyl (C=O) groups is 1. The molecule has 2 saturated heterocycles. The van der Waals surface area contributed by atoms with Gasteiger partial charge in [0.15, 0.2) is 0 Å². The minimum absolute atomic E-state index is 0.202. The Bertz CT molecular complexity index is 679. The molecule has 2 heterocycles. The van der Waals surface area contributed by atoms with Gasteiger partial charge in [-0.05, 0) is 12.0 Å². The van der Waals surface area contributed by atoms with Gasteiger partial charge in [-0.1, -0.05) is 30.3 Å². The molecule has 1 amide bonds. The number of morpholine rings is 1. The first-order chi connectivity index (χ1) is 11.4. The van der Waals surface area contributed by atoms with Gasteiger partial charge >= 0.3 is 6.09 Å². The van der Waals surface area contributed by atoms with Crippen LogP contribution in [-0.4, -0.2) is 68.4 Å². The summed E-state index contributed by atoms with van der Waals surface area (Å²) in [5.41, 5.74) is 0.929. The zero-order valence-electron chi connectivity index (χ0n) is 13.6. The lowest BCUT2D eigenvalue weighted by atomic mass is 10.0. The van der Waals surface area contributed by atoms with Crippen molar-refractivity contribution in [2.75, 3.05) is 32.5 Å². The molecule has 0 radical (unpaired) electrons. The van der Waals surface area contributed by atoms with Crippen molar-refractivity contribution in [1.82, 2.24) is 9.21 Å². The van der Waals surface area contributed by atoms with Crippen LogP contribution in [0.15, 0.2) is 30.3 Å². The molecule has 0 aromatic heterocycles. The summed E-state index contributed by atoms with van der Waals surface area (Å²) in [6, 6.07) is 9.28. The molecular weight excluding hydrogens is 332 g/mol. The number of benzene rings is 1. The Labute approximate surface area is 142 Å². The van der Waals surface area contributed by atoms with Crippen molar-refractivity contribution in [2.45, 2.75) is 25.2 Å². The number of sulfonamides is 1. The molecule has 0 N–H and O–H groups in total. The van der Waals surface area contributed by atoms with Gasteiger partial charge in [0, 0.05) is 13.1 Å². The van der Waals surface area contributed by atoms with Gasteiger partial charge in [-0.15, -0.1) is 0 Å². The van der Waals surface area contributed by atoms with Crippen molar-refractivity contribution in [3.8, 4) is 0 Å². The normalized spacial score (nSPS) is 25.1. The van der Waals surface area contributed by atoms with E-state index in [0.29, 0.717) is 32.7 Å². The molecule has 0 spiro atoms. The molecule has 2 aliphatic heterocycles. The van der Waals surface area contributed by atoms with Crippen LogP contribution < -0.4 is 0 Å². The van der Waals surface area contributed by atoms with Crippen LogP contribution in [-0.2, 0) is 26.1 Å². The van der Waals surface area contributed by atoms with E-state index in [4.69, 9.17) is 9.47 Å². The van der Waals surface area contributed by atoms with E-state index in [1.165, 1.54) is 10.6 Å². The van der Waals surface area contributed by atoms with Crippen molar-refractivity contribution in [2.24, 2.45) is 0 Å². The zero-order chi connectivity index (χ0) is 17.2. The summed E-state index contributed by atoms with van der Waals surface area (Å²) < 4.78 is 36.3. The Balaban J connectivity index is 1.57. The number of fused-ring (bicyclic) bond motifs is 1. The zero-order valence-corrected chi connectivity index (χ0v) is 14.4. The second-order valence-electron chi connectivity index (χ2n) is 6.13. The van der Waals surface area contributed by atoms with Gasteiger partial charge in [-0.25, -0.2) is 13.2 Å². The number of hydrogen-bond acceptors (Lipinski definition) is 5. The van der Waals surface area contributed by atoms with Gasteiger partial charge in [0.2, 0.25) is 10.0 Å². The minimum Gasteiger partial charge on any atom is -0.445 e. The average molecular weight is 354 g/mol. The molecule has 2 aliphatic rings. The van der Waals surface area contributed by atoms with Crippen LogP contribution in [0.2, 0.25) is 0 Å². The molecule has 1 aromatic carbocycles. The van der Waals surface area contributed by atoms with E-state index in [2.05, 4.69) is 0 Å². The molecule has 8 heteroatoms. The molecule has 0 saturated carbocycles. The van der Waals surface area contributed by atoms with Crippen molar-refractivity contribution >= 4 is 16.1 Å². The minimum atomic E-state index is -3.26. The molecular formula is C16H22N2O5S. The lowest BCUT2D eigenvalue weighted by Gasteiger charge is -2.45. The van der Waals surface area contributed by atoms with E-state index in [9.17, 15) is 13.2 Å². The summed E-state index contributed by atoms with van der Waals surface area (Å²) in [7, 11) is -3.26. The van der Waals surface area contributed by atoms with Crippen molar-refractivity contribution in [1.29, 1.82) is 0 Å². The van der Waals surface area contributed by atoms with Crippen LogP contribution in [0.4, 0.5) is 4.79 Å². The van der Waals surface area contributed by atoms with Gasteiger partial charge in [-0.2, -0.15) is 4.31 Å². The molecule has 132 valence electrons. The number of rotatable bonds is 3. The number of likely N-dealkylation sites (tertiary alicyclic amines) is 1. The maximum atomic E-state index is 12.2. The Hall–Kier alpha value is -1.64. The highest BCUT2D eigenvalue weighted by Crippen LogP contribution is 2.25. The fourth-order valence-electron chi connectivity index (χ4n) is 3.25. The van der Waals surface area contributed by atoms with Gasteiger partial charge in [0.25, 0.3) is 0 Å². The van der Waals surface area contributed by atoms with E-state index >= 15 is 0 Å². The van der Waals surface area contributed by atoms with Crippen LogP contribution in [0, 0.1) is 0 Å². The molecule has 0 aliphatic carbocycles. The highest BCUT2D eigenvalue weighted by molar-refractivity contribution is 7.88. The topological polar surface area (TPSA) is 76.2 Å². The summed E-state index contributed by atoms with van der Waals surface area (Å²) >= 11 is 0. The van der Waals surface area contributed by atoms with E-state index in [1.807, 2.05) is 30.3 Å². The maximum Gasteiger partial charge on any atom is 0.410 e. The predicted molar refractivity (Wildman–Crippen MR) is 87.9 cm³/mol. The van der Waals surface area contributed by atoms with Crippen LogP contribution >= 0.6 is 0 Å². The van der Waals surface area contributed by atoms with Crippen molar-refractivity contribution in [3.05, 3.63) is 35.9 Å². The summed E-state index contributed by atoms with van der Waals surface area (Å²) in [6.45, 7) is 1.76. The third-order valence-corrected chi connectivity index (χ3v) is 5.73. The largest absolute Gasteiger partial charge is 0.445 e. The van der Waals surface area contributed by atoms with E-state index < -0.39 is 16.1 Å². The molecule has 2 atom stereocenters. The highest BCUT2D eigenvalue weighted by Gasteiger charge is 2.42. The van der Waals surface area contributed by atoms with Crippen LogP contribution in [0.5, 0.6) is 0 Å². The molecule has 7 nitrogen and oxygen atoms in total. The number of carbonyl (C=O) groups excluding carboxylic acids is 1. The average Bonchev–Trinajstić information content (AvgIpc) is 2.58. The maximum absolute atomic E-state index is 12.2.